The van der Waals surface area contributed by atoms with Crippen LogP contribution in [0.3, 0.4) is 0 Å². The molecule has 4 rings (SSSR count). The lowest BCUT2D eigenvalue weighted by molar-refractivity contribution is 0.102. The van der Waals surface area contributed by atoms with Crippen molar-refractivity contribution in [3.63, 3.8) is 0 Å². The Kier molecular flexibility index (Phi) is 6.01. The molecule has 2 aromatic carbocycles. The van der Waals surface area contributed by atoms with E-state index in [1.807, 2.05) is 0 Å². The topological polar surface area (TPSA) is 61.3 Å². The van der Waals surface area contributed by atoms with E-state index in [4.69, 9.17) is 9.47 Å². The summed E-state index contributed by atoms with van der Waals surface area (Å²) in [5.74, 6) is 1.41. The van der Waals surface area contributed by atoms with E-state index < -0.39 is 0 Å². The molecule has 0 atom stereocenters. The van der Waals surface area contributed by atoms with Gasteiger partial charge in [0.1, 0.15) is 16.2 Å². The van der Waals surface area contributed by atoms with Gasteiger partial charge in [-0.3, -0.25) is 4.79 Å². The van der Waals surface area contributed by atoms with Crippen molar-refractivity contribution in [2.45, 2.75) is 11.9 Å². The molecule has 0 aliphatic rings. The summed E-state index contributed by atoms with van der Waals surface area (Å²) in [6, 6.07) is 13.6. The molecule has 2 heterocycles. The van der Waals surface area contributed by atoms with Crippen molar-refractivity contribution in [3.05, 3.63) is 65.3 Å². The number of thioether (sulfide) groups is 1. The van der Waals surface area contributed by atoms with Crippen LogP contribution in [0.5, 0.6) is 11.5 Å². The van der Waals surface area contributed by atoms with Crippen molar-refractivity contribution in [1.29, 1.82) is 0 Å². The third-order valence-corrected chi connectivity index (χ3v) is 6.62. The average molecular weight is 437 g/mol. The number of carbonyl (C=O) groups excluding carboxylic acids is 1. The molecule has 0 aliphatic carbocycles. The minimum Gasteiger partial charge on any atom is -0.493 e. The van der Waals surface area contributed by atoms with Crippen LogP contribution in [0.15, 0.2) is 59.2 Å². The number of methoxy groups -OCH3 is 2. The zero-order valence-corrected chi connectivity index (χ0v) is 18.5. The fourth-order valence-electron chi connectivity index (χ4n) is 3.13. The number of aromatic nitrogens is 2. The van der Waals surface area contributed by atoms with Crippen LogP contribution in [0.2, 0.25) is 0 Å². The third-order valence-electron chi connectivity index (χ3n) is 4.74. The van der Waals surface area contributed by atoms with Gasteiger partial charge in [-0.05, 0) is 30.7 Å². The zero-order chi connectivity index (χ0) is 21.1. The summed E-state index contributed by atoms with van der Waals surface area (Å²) < 4.78 is 10.6. The number of ether oxygens (including phenoxy) is 2. The van der Waals surface area contributed by atoms with Crippen molar-refractivity contribution in [2.24, 2.45) is 0 Å². The van der Waals surface area contributed by atoms with Crippen molar-refractivity contribution in [3.8, 4) is 22.6 Å². The Balaban J connectivity index is 1.61. The van der Waals surface area contributed by atoms with Gasteiger partial charge < -0.3 is 9.47 Å². The standard InChI is InChI=1S/C23H20N2O3S2/c1-14-4-6-15(7-5-14)17-11-29-22-21(17)23(25-13-24-22)30-12-18(26)16-8-9-19(27-2)20(10-16)28-3/h4-11,13H,12H2,1-3H3. The summed E-state index contributed by atoms with van der Waals surface area (Å²) in [5, 5.41) is 3.91. The second kappa shape index (κ2) is 8.85. The lowest BCUT2D eigenvalue weighted by Gasteiger charge is -2.09. The first-order chi connectivity index (χ1) is 14.6. The molecule has 0 radical (unpaired) electrons. The molecule has 0 amide bonds. The predicted molar refractivity (Wildman–Crippen MR) is 122 cm³/mol. The van der Waals surface area contributed by atoms with Gasteiger partial charge in [-0.1, -0.05) is 41.6 Å². The van der Waals surface area contributed by atoms with E-state index in [0.717, 1.165) is 26.4 Å². The number of hydrogen-bond acceptors (Lipinski definition) is 7. The first kappa shape index (κ1) is 20.4. The van der Waals surface area contributed by atoms with Crippen LogP contribution in [0, 0.1) is 6.92 Å². The first-order valence-electron chi connectivity index (χ1n) is 9.28. The Morgan fingerprint density at radius 1 is 1.03 bits per heavy atom. The molecular formula is C23H20N2O3S2. The molecule has 0 saturated heterocycles. The van der Waals surface area contributed by atoms with Crippen molar-refractivity contribution >= 4 is 39.1 Å². The van der Waals surface area contributed by atoms with Crippen molar-refractivity contribution in [2.75, 3.05) is 20.0 Å². The van der Waals surface area contributed by atoms with Gasteiger partial charge >= 0.3 is 0 Å². The molecule has 7 heteroatoms. The van der Waals surface area contributed by atoms with Gasteiger partial charge in [0.25, 0.3) is 0 Å². The van der Waals surface area contributed by atoms with E-state index in [1.165, 1.54) is 17.3 Å². The average Bonchev–Trinajstić information content (AvgIpc) is 3.22. The molecule has 0 unspecified atom stereocenters. The smallest absolute Gasteiger partial charge is 0.173 e. The molecule has 0 N–H and O–H groups in total. The molecule has 0 spiro atoms. The van der Waals surface area contributed by atoms with Gasteiger partial charge in [0.15, 0.2) is 17.3 Å². The van der Waals surface area contributed by atoms with Crippen LogP contribution in [0.1, 0.15) is 15.9 Å². The maximum atomic E-state index is 12.8. The summed E-state index contributed by atoms with van der Waals surface area (Å²) in [4.78, 5) is 22.6. The number of hydrogen-bond donors (Lipinski definition) is 0. The van der Waals surface area contributed by atoms with Crippen LogP contribution < -0.4 is 9.47 Å². The van der Waals surface area contributed by atoms with E-state index in [-0.39, 0.29) is 11.5 Å². The highest BCUT2D eigenvalue weighted by Crippen LogP contribution is 2.38. The van der Waals surface area contributed by atoms with E-state index in [1.54, 1.807) is 50.1 Å². The number of benzene rings is 2. The molecule has 0 fully saturated rings. The Labute approximate surface area is 183 Å². The highest BCUT2D eigenvalue weighted by molar-refractivity contribution is 8.00. The maximum Gasteiger partial charge on any atom is 0.173 e. The normalized spacial score (nSPS) is 10.9. The Morgan fingerprint density at radius 3 is 2.53 bits per heavy atom. The lowest BCUT2D eigenvalue weighted by atomic mass is 10.1. The number of aryl methyl sites for hydroxylation is 1. The SMILES string of the molecule is COc1ccc(C(=O)CSc2ncnc3scc(-c4ccc(C)cc4)c23)cc1OC. The van der Waals surface area contributed by atoms with Crippen molar-refractivity contribution in [1.82, 2.24) is 9.97 Å². The summed E-state index contributed by atoms with van der Waals surface area (Å²) in [6.45, 7) is 2.07. The van der Waals surface area contributed by atoms with Crippen LogP contribution in [0.25, 0.3) is 21.3 Å². The number of rotatable bonds is 7. The second-order valence-corrected chi connectivity index (χ2v) is 8.48. The van der Waals surface area contributed by atoms with E-state index >= 15 is 0 Å². The third kappa shape index (κ3) is 4.04. The summed E-state index contributed by atoms with van der Waals surface area (Å²) in [7, 11) is 3.13. The Morgan fingerprint density at radius 2 is 1.80 bits per heavy atom. The summed E-state index contributed by atoms with van der Waals surface area (Å²) in [6.07, 6.45) is 1.56. The predicted octanol–water partition coefficient (Wildman–Crippen LogP) is 5.66. The maximum absolute atomic E-state index is 12.8. The number of nitrogens with zero attached hydrogens (tertiary/aromatic N) is 2. The number of ketones is 1. The van der Waals surface area contributed by atoms with E-state index in [2.05, 4.69) is 46.5 Å². The van der Waals surface area contributed by atoms with Crippen LogP contribution >= 0.6 is 23.1 Å². The molecule has 2 aromatic heterocycles. The number of thiophene rings is 1. The van der Waals surface area contributed by atoms with Gasteiger partial charge in [-0.25, -0.2) is 9.97 Å². The van der Waals surface area contributed by atoms with Gasteiger partial charge in [0.2, 0.25) is 0 Å². The van der Waals surface area contributed by atoms with Crippen LogP contribution in [-0.2, 0) is 0 Å². The second-order valence-electron chi connectivity index (χ2n) is 6.66. The molecule has 4 aromatic rings. The molecule has 5 nitrogen and oxygen atoms in total. The quantitative estimate of drug-likeness (QED) is 0.212. The van der Waals surface area contributed by atoms with Gasteiger partial charge in [-0.15, -0.1) is 11.3 Å². The molecule has 0 aliphatic heterocycles. The Bertz CT molecular complexity index is 1200. The van der Waals surface area contributed by atoms with E-state index in [0.29, 0.717) is 17.1 Å². The lowest BCUT2D eigenvalue weighted by Crippen LogP contribution is -2.04. The molecular weight excluding hydrogens is 416 g/mol. The fourth-order valence-corrected chi connectivity index (χ4v) is 5.02. The molecule has 152 valence electrons. The molecule has 0 bridgehead atoms. The summed E-state index contributed by atoms with van der Waals surface area (Å²) in [5.41, 5.74) is 4.01. The summed E-state index contributed by atoms with van der Waals surface area (Å²) >= 11 is 3.01. The number of fused-ring (bicyclic) bond motifs is 1. The van der Waals surface area contributed by atoms with Gasteiger partial charge in [-0.2, -0.15) is 0 Å². The Hall–Kier alpha value is -2.90. The molecule has 30 heavy (non-hydrogen) atoms. The van der Waals surface area contributed by atoms with Crippen LogP contribution in [0.4, 0.5) is 0 Å². The molecule has 0 saturated carbocycles. The number of Topliss-reactive ketones (excluding diaryl/α,β-unsaturated/α-hetero) is 1. The first-order valence-corrected chi connectivity index (χ1v) is 11.1. The minimum atomic E-state index is -0.000157. The fraction of sp³-hybridized carbons (Fsp3) is 0.174. The van der Waals surface area contributed by atoms with E-state index in [9.17, 15) is 4.79 Å². The minimum absolute atomic E-state index is 0.000157. The van der Waals surface area contributed by atoms with Crippen molar-refractivity contribution < 1.29 is 14.3 Å². The van der Waals surface area contributed by atoms with Crippen LogP contribution in [-0.4, -0.2) is 35.7 Å². The van der Waals surface area contributed by atoms with Gasteiger partial charge in [0, 0.05) is 16.5 Å². The highest BCUT2D eigenvalue weighted by atomic mass is 32.2. The highest BCUT2D eigenvalue weighted by Gasteiger charge is 2.16. The zero-order valence-electron chi connectivity index (χ0n) is 16.8. The monoisotopic (exact) mass is 436 g/mol. The largest absolute Gasteiger partial charge is 0.493 e. The van der Waals surface area contributed by atoms with Gasteiger partial charge in [0.05, 0.1) is 25.4 Å². The number of carbonyl (C=O) groups is 1.